The predicted molar refractivity (Wildman–Crippen MR) is 121 cm³/mol. The Morgan fingerprint density at radius 1 is 1.10 bits per heavy atom. The Hall–Kier alpha value is -2.83. The number of hydrogen-bond acceptors (Lipinski definition) is 4. The molecule has 1 N–H and O–H groups in total. The minimum absolute atomic E-state index is 0.0468. The molecule has 0 radical (unpaired) electrons. The minimum Gasteiger partial charge on any atom is -0.497 e. The zero-order valence-electron chi connectivity index (χ0n) is 18.2. The van der Waals surface area contributed by atoms with Crippen LogP contribution in [-0.2, 0) is 21.4 Å². The van der Waals surface area contributed by atoms with Crippen LogP contribution in [0.25, 0.3) is 10.9 Å². The highest BCUT2D eigenvalue weighted by molar-refractivity contribution is 6.06. The standard InChI is InChI=1S/C25H30N2O4/c1-29-17-14-27-13-10-21-22(4-3-5-23(21)27)24(28)26-18-25(11-15-31-16-12-25)19-6-8-20(30-2)9-7-19/h3-10,13H,11-12,14-18H2,1-2H3,(H,26,28). The summed E-state index contributed by atoms with van der Waals surface area (Å²) < 4.78 is 18.2. The normalized spacial score (nSPS) is 15.7. The molecule has 1 fully saturated rings. The maximum absolute atomic E-state index is 13.2. The van der Waals surface area contributed by atoms with Gasteiger partial charge in [-0.2, -0.15) is 0 Å². The van der Waals surface area contributed by atoms with Crippen molar-refractivity contribution in [2.24, 2.45) is 0 Å². The molecular formula is C25H30N2O4. The molecule has 0 bridgehead atoms. The predicted octanol–water partition coefficient (Wildman–Crippen LogP) is 3.77. The van der Waals surface area contributed by atoms with Crippen LogP contribution in [0.3, 0.4) is 0 Å². The first-order valence-corrected chi connectivity index (χ1v) is 10.7. The molecule has 4 rings (SSSR count). The van der Waals surface area contributed by atoms with Gasteiger partial charge in [0.1, 0.15) is 5.75 Å². The summed E-state index contributed by atoms with van der Waals surface area (Å²) in [5.41, 5.74) is 2.81. The number of rotatable bonds is 8. The van der Waals surface area contributed by atoms with Gasteiger partial charge < -0.3 is 24.1 Å². The van der Waals surface area contributed by atoms with E-state index in [9.17, 15) is 4.79 Å². The second-order valence-corrected chi connectivity index (χ2v) is 8.04. The lowest BCUT2D eigenvalue weighted by molar-refractivity contribution is 0.0487. The summed E-state index contributed by atoms with van der Waals surface area (Å²) in [6.07, 6.45) is 3.76. The summed E-state index contributed by atoms with van der Waals surface area (Å²) in [4.78, 5) is 13.2. The number of ether oxygens (including phenoxy) is 3. The molecule has 6 nitrogen and oxygen atoms in total. The van der Waals surface area contributed by atoms with Gasteiger partial charge >= 0.3 is 0 Å². The molecule has 2 heterocycles. The van der Waals surface area contributed by atoms with E-state index in [1.807, 2.05) is 42.6 Å². The molecular weight excluding hydrogens is 392 g/mol. The summed E-state index contributed by atoms with van der Waals surface area (Å²) in [5.74, 6) is 0.786. The lowest BCUT2D eigenvalue weighted by atomic mass is 9.74. The summed E-state index contributed by atoms with van der Waals surface area (Å²) >= 11 is 0. The SMILES string of the molecule is COCCn1ccc2c(C(=O)NCC3(c4ccc(OC)cc4)CCOCC3)cccc21. The first-order valence-electron chi connectivity index (χ1n) is 10.7. The topological polar surface area (TPSA) is 61.7 Å². The summed E-state index contributed by atoms with van der Waals surface area (Å²) in [6, 6.07) is 16.1. The molecule has 0 unspecified atom stereocenters. The van der Waals surface area contributed by atoms with Gasteiger partial charge in [0.15, 0.2) is 0 Å². The highest BCUT2D eigenvalue weighted by Gasteiger charge is 2.35. The number of nitrogens with zero attached hydrogens (tertiary/aromatic N) is 1. The second kappa shape index (κ2) is 9.54. The molecule has 3 aromatic rings. The van der Waals surface area contributed by atoms with Crippen molar-refractivity contribution in [1.82, 2.24) is 9.88 Å². The van der Waals surface area contributed by atoms with Crippen molar-refractivity contribution in [3.05, 3.63) is 65.9 Å². The van der Waals surface area contributed by atoms with E-state index >= 15 is 0 Å². The third kappa shape index (κ3) is 4.45. The van der Waals surface area contributed by atoms with Gasteiger partial charge in [-0.3, -0.25) is 4.79 Å². The quantitative estimate of drug-likeness (QED) is 0.600. The van der Waals surface area contributed by atoms with Gasteiger partial charge in [0.2, 0.25) is 0 Å². The van der Waals surface area contributed by atoms with E-state index in [2.05, 4.69) is 22.0 Å². The van der Waals surface area contributed by atoms with Crippen LogP contribution in [-0.4, -0.2) is 51.1 Å². The highest BCUT2D eigenvalue weighted by atomic mass is 16.5. The number of hydrogen-bond donors (Lipinski definition) is 1. The van der Waals surface area contributed by atoms with Crippen molar-refractivity contribution in [2.75, 3.05) is 40.6 Å². The molecule has 1 amide bonds. The summed E-state index contributed by atoms with van der Waals surface area (Å²) in [7, 11) is 3.36. The Labute approximate surface area is 183 Å². The fourth-order valence-electron chi connectivity index (χ4n) is 4.42. The van der Waals surface area contributed by atoms with Crippen LogP contribution in [0.15, 0.2) is 54.7 Å². The zero-order chi connectivity index (χ0) is 21.7. The van der Waals surface area contributed by atoms with Crippen molar-refractivity contribution in [3.63, 3.8) is 0 Å². The van der Waals surface area contributed by atoms with Crippen molar-refractivity contribution in [1.29, 1.82) is 0 Å². The minimum atomic E-state index is -0.140. The van der Waals surface area contributed by atoms with E-state index in [1.165, 1.54) is 5.56 Å². The molecule has 1 aromatic heterocycles. The number of amides is 1. The van der Waals surface area contributed by atoms with Gasteiger partial charge in [0.05, 0.1) is 13.7 Å². The average Bonchev–Trinajstić information content (AvgIpc) is 3.25. The summed E-state index contributed by atoms with van der Waals surface area (Å²) in [6.45, 7) is 3.35. The number of carbonyl (C=O) groups is 1. The first kappa shape index (κ1) is 21.4. The van der Waals surface area contributed by atoms with E-state index < -0.39 is 0 Å². The van der Waals surface area contributed by atoms with Gasteiger partial charge in [0, 0.05) is 61.5 Å². The van der Waals surface area contributed by atoms with E-state index in [0.29, 0.717) is 31.9 Å². The molecule has 164 valence electrons. The molecule has 0 spiro atoms. The molecule has 1 saturated heterocycles. The number of methoxy groups -OCH3 is 2. The van der Waals surface area contributed by atoms with E-state index in [1.54, 1.807) is 14.2 Å². The van der Waals surface area contributed by atoms with Gasteiger partial charge in [-0.15, -0.1) is 0 Å². The Bertz CT molecular complexity index is 1020. The fraction of sp³-hybridized carbons (Fsp3) is 0.400. The van der Waals surface area contributed by atoms with Crippen LogP contribution in [0.5, 0.6) is 5.75 Å². The summed E-state index contributed by atoms with van der Waals surface area (Å²) in [5, 5.41) is 4.18. The largest absolute Gasteiger partial charge is 0.497 e. The lowest BCUT2D eigenvalue weighted by Gasteiger charge is -2.38. The van der Waals surface area contributed by atoms with Crippen LogP contribution < -0.4 is 10.1 Å². The van der Waals surface area contributed by atoms with Crippen molar-refractivity contribution >= 4 is 16.8 Å². The maximum Gasteiger partial charge on any atom is 0.251 e. The first-order chi connectivity index (χ1) is 15.2. The number of aromatic nitrogens is 1. The highest BCUT2D eigenvalue weighted by Crippen LogP contribution is 2.35. The van der Waals surface area contributed by atoms with Gasteiger partial charge in [0.25, 0.3) is 5.91 Å². The molecule has 0 aliphatic carbocycles. The van der Waals surface area contributed by atoms with Crippen LogP contribution in [0.2, 0.25) is 0 Å². The molecule has 2 aromatic carbocycles. The number of nitrogens with one attached hydrogen (secondary N) is 1. The number of fused-ring (bicyclic) bond motifs is 1. The number of carbonyl (C=O) groups excluding carboxylic acids is 1. The molecule has 1 aliphatic heterocycles. The van der Waals surface area contributed by atoms with Crippen molar-refractivity contribution in [2.45, 2.75) is 24.8 Å². The van der Waals surface area contributed by atoms with E-state index in [-0.39, 0.29) is 11.3 Å². The third-order valence-corrected chi connectivity index (χ3v) is 6.33. The molecule has 6 heteroatoms. The number of benzene rings is 2. The fourth-order valence-corrected chi connectivity index (χ4v) is 4.42. The van der Waals surface area contributed by atoms with Crippen molar-refractivity contribution in [3.8, 4) is 5.75 Å². The van der Waals surface area contributed by atoms with Crippen LogP contribution in [0.4, 0.5) is 0 Å². The Kier molecular flexibility index (Phi) is 6.59. The molecule has 31 heavy (non-hydrogen) atoms. The van der Waals surface area contributed by atoms with E-state index in [4.69, 9.17) is 14.2 Å². The Morgan fingerprint density at radius 3 is 2.58 bits per heavy atom. The smallest absolute Gasteiger partial charge is 0.251 e. The van der Waals surface area contributed by atoms with Gasteiger partial charge in [-0.1, -0.05) is 18.2 Å². The zero-order valence-corrected chi connectivity index (χ0v) is 18.2. The van der Waals surface area contributed by atoms with Crippen molar-refractivity contribution < 1.29 is 19.0 Å². The van der Waals surface area contributed by atoms with Crippen LogP contribution in [0, 0.1) is 0 Å². The molecule has 1 aliphatic rings. The van der Waals surface area contributed by atoms with Crippen LogP contribution >= 0.6 is 0 Å². The monoisotopic (exact) mass is 422 g/mol. The second-order valence-electron chi connectivity index (χ2n) is 8.04. The average molecular weight is 423 g/mol. The molecule has 0 atom stereocenters. The van der Waals surface area contributed by atoms with E-state index in [0.717, 1.165) is 36.0 Å². The van der Waals surface area contributed by atoms with Gasteiger partial charge in [-0.05, 0) is 48.7 Å². The molecule has 0 saturated carbocycles. The third-order valence-electron chi connectivity index (χ3n) is 6.33. The maximum atomic E-state index is 13.2. The Morgan fingerprint density at radius 2 is 1.87 bits per heavy atom. The van der Waals surface area contributed by atoms with Gasteiger partial charge in [-0.25, -0.2) is 0 Å². The van der Waals surface area contributed by atoms with Crippen LogP contribution in [0.1, 0.15) is 28.8 Å². The Balaban J connectivity index is 1.55. The lowest BCUT2D eigenvalue weighted by Crippen LogP contribution is -2.44.